The van der Waals surface area contributed by atoms with E-state index in [-0.39, 0.29) is 17.4 Å². The van der Waals surface area contributed by atoms with Crippen LogP contribution in [0.2, 0.25) is 0 Å². The molecule has 0 radical (unpaired) electrons. The standard InChI is InChI=1S/C25H28N2O4/c1-15-7-5-6-8-19(15)22-21(24(29)25(30)27(22)12-11-26(3)4)23(28)17-9-10-20-18(14-17)13-16(2)31-20/h5-10,14,16,22,28H,11-13H2,1-4H3/b23-21+. The van der Waals surface area contributed by atoms with Crippen LogP contribution in [0.25, 0.3) is 5.76 Å². The minimum Gasteiger partial charge on any atom is -0.507 e. The van der Waals surface area contributed by atoms with Gasteiger partial charge in [0.1, 0.15) is 17.6 Å². The van der Waals surface area contributed by atoms with E-state index in [0.29, 0.717) is 18.7 Å². The van der Waals surface area contributed by atoms with Crippen LogP contribution >= 0.6 is 0 Å². The monoisotopic (exact) mass is 420 g/mol. The van der Waals surface area contributed by atoms with E-state index in [1.807, 2.05) is 69.2 Å². The number of hydrogen-bond acceptors (Lipinski definition) is 5. The lowest BCUT2D eigenvalue weighted by Gasteiger charge is -2.27. The smallest absolute Gasteiger partial charge is 0.295 e. The zero-order chi connectivity index (χ0) is 22.3. The van der Waals surface area contributed by atoms with Crippen molar-refractivity contribution in [2.75, 3.05) is 27.2 Å². The van der Waals surface area contributed by atoms with Gasteiger partial charge >= 0.3 is 0 Å². The van der Waals surface area contributed by atoms with Gasteiger partial charge in [0, 0.05) is 25.1 Å². The Bertz CT molecular complexity index is 1070. The molecular formula is C25H28N2O4. The van der Waals surface area contributed by atoms with E-state index >= 15 is 0 Å². The summed E-state index contributed by atoms with van der Waals surface area (Å²) in [5, 5.41) is 11.3. The minimum atomic E-state index is -0.644. The molecule has 2 atom stereocenters. The topological polar surface area (TPSA) is 70.1 Å². The lowest BCUT2D eigenvalue weighted by atomic mass is 9.92. The van der Waals surface area contributed by atoms with Gasteiger partial charge < -0.3 is 19.6 Å². The highest BCUT2D eigenvalue weighted by molar-refractivity contribution is 6.46. The molecule has 0 aliphatic carbocycles. The molecule has 2 aromatic rings. The van der Waals surface area contributed by atoms with Crippen molar-refractivity contribution in [1.29, 1.82) is 0 Å². The molecule has 0 bridgehead atoms. The Balaban J connectivity index is 1.84. The highest BCUT2D eigenvalue weighted by Crippen LogP contribution is 2.41. The molecule has 6 nitrogen and oxygen atoms in total. The summed E-state index contributed by atoms with van der Waals surface area (Å²) >= 11 is 0. The zero-order valence-corrected chi connectivity index (χ0v) is 18.4. The van der Waals surface area contributed by atoms with E-state index in [1.54, 1.807) is 11.0 Å². The molecule has 0 spiro atoms. The third-order valence-corrected chi connectivity index (χ3v) is 5.98. The average molecular weight is 421 g/mol. The van der Waals surface area contributed by atoms with E-state index < -0.39 is 17.7 Å². The van der Waals surface area contributed by atoms with E-state index in [9.17, 15) is 14.7 Å². The number of likely N-dealkylation sites (N-methyl/N-ethyl adjacent to an activating group) is 1. The summed E-state index contributed by atoms with van der Waals surface area (Å²) in [6, 6.07) is 12.5. The molecule has 2 aliphatic rings. The Morgan fingerprint density at radius 3 is 2.65 bits per heavy atom. The fourth-order valence-corrected chi connectivity index (χ4v) is 4.36. The van der Waals surface area contributed by atoms with Gasteiger partial charge in [-0.2, -0.15) is 0 Å². The number of benzene rings is 2. The van der Waals surface area contributed by atoms with Crippen LogP contribution in [0.5, 0.6) is 5.75 Å². The van der Waals surface area contributed by atoms with Gasteiger partial charge in [-0.3, -0.25) is 9.59 Å². The number of carbonyl (C=O) groups excluding carboxylic acids is 2. The Hall–Kier alpha value is -3.12. The predicted molar refractivity (Wildman–Crippen MR) is 119 cm³/mol. The van der Waals surface area contributed by atoms with Crippen molar-refractivity contribution in [2.45, 2.75) is 32.4 Å². The second-order valence-corrected chi connectivity index (χ2v) is 8.61. The molecule has 2 aromatic carbocycles. The van der Waals surface area contributed by atoms with Crippen LogP contribution in [0.3, 0.4) is 0 Å². The molecule has 0 aromatic heterocycles. The molecule has 2 unspecified atom stereocenters. The zero-order valence-electron chi connectivity index (χ0n) is 18.4. The second-order valence-electron chi connectivity index (χ2n) is 8.61. The molecule has 6 heteroatoms. The van der Waals surface area contributed by atoms with E-state index in [1.165, 1.54) is 0 Å². The molecule has 31 heavy (non-hydrogen) atoms. The van der Waals surface area contributed by atoms with Gasteiger partial charge in [-0.05, 0) is 62.8 Å². The van der Waals surface area contributed by atoms with E-state index in [4.69, 9.17) is 4.74 Å². The number of ether oxygens (including phenoxy) is 1. The first kappa shape index (κ1) is 21.1. The highest BCUT2D eigenvalue weighted by atomic mass is 16.5. The Morgan fingerprint density at radius 1 is 1.19 bits per heavy atom. The van der Waals surface area contributed by atoms with Gasteiger partial charge in [0.25, 0.3) is 11.7 Å². The van der Waals surface area contributed by atoms with Crippen molar-refractivity contribution < 1.29 is 19.4 Å². The quantitative estimate of drug-likeness (QED) is 0.457. The number of aryl methyl sites for hydroxylation is 1. The van der Waals surface area contributed by atoms with Gasteiger partial charge in [0.05, 0.1) is 11.6 Å². The summed E-state index contributed by atoms with van der Waals surface area (Å²) in [4.78, 5) is 29.6. The number of nitrogens with zero attached hydrogens (tertiary/aromatic N) is 2. The number of likely N-dealkylation sites (tertiary alicyclic amines) is 1. The number of fused-ring (bicyclic) bond motifs is 1. The Kier molecular flexibility index (Phi) is 5.58. The predicted octanol–water partition coefficient (Wildman–Crippen LogP) is 3.30. The molecular weight excluding hydrogens is 392 g/mol. The van der Waals surface area contributed by atoms with Crippen LogP contribution < -0.4 is 4.74 Å². The van der Waals surface area contributed by atoms with Gasteiger partial charge in [-0.15, -0.1) is 0 Å². The number of aliphatic hydroxyl groups excluding tert-OH is 1. The molecule has 4 rings (SSSR count). The van der Waals surface area contributed by atoms with Crippen LogP contribution in [0.15, 0.2) is 48.0 Å². The third kappa shape index (κ3) is 3.83. The summed E-state index contributed by atoms with van der Waals surface area (Å²) < 4.78 is 5.75. The summed E-state index contributed by atoms with van der Waals surface area (Å²) in [5.41, 5.74) is 3.47. The van der Waals surface area contributed by atoms with Crippen LogP contribution in [0.1, 0.15) is 35.2 Å². The lowest BCUT2D eigenvalue weighted by molar-refractivity contribution is -0.140. The third-order valence-electron chi connectivity index (χ3n) is 5.98. The van der Waals surface area contributed by atoms with Gasteiger partial charge in [-0.25, -0.2) is 0 Å². The molecule has 1 N–H and O–H groups in total. The fraction of sp³-hybridized carbons (Fsp3) is 0.360. The molecule has 1 fully saturated rings. The number of rotatable bonds is 5. The van der Waals surface area contributed by atoms with Crippen LogP contribution in [0, 0.1) is 6.92 Å². The number of Topliss-reactive ketones (excluding diaryl/α,β-unsaturated/α-hetero) is 1. The van der Waals surface area contributed by atoms with Crippen molar-refractivity contribution in [3.8, 4) is 5.75 Å². The molecule has 0 saturated carbocycles. The van der Waals surface area contributed by atoms with Gasteiger partial charge in [0.15, 0.2) is 0 Å². The summed E-state index contributed by atoms with van der Waals surface area (Å²) in [6.45, 7) is 4.95. The highest BCUT2D eigenvalue weighted by Gasteiger charge is 2.46. The number of ketones is 1. The Labute approximate surface area is 182 Å². The van der Waals surface area contributed by atoms with Crippen molar-refractivity contribution in [2.24, 2.45) is 0 Å². The number of aliphatic hydroxyl groups is 1. The SMILES string of the molecule is Cc1ccccc1C1/C(=C(\O)c2ccc3c(c2)CC(C)O3)C(=O)C(=O)N1CCN(C)C. The largest absolute Gasteiger partial charge is 0.507 e. The average Bonchev–Trinajstić information content (AvgIpc) is 3.22. The summed E-state index contributed by atoms with van der Waals surface area (Å²) in [5.74, 6) is -0.559. The molecule has 162 valence electrons. The van der Waals surface area contributed by atoms with Crippen molar-refractivity contribution in [3.05, 3.63) is 70.3 Å². The minimum absolute atomic E-state index is 0.0796. The van der Waals surface area contributed by atoms with Crippen molar-refractivity contribution >= 4 is 17.4 Å². The first-order valence-corrected chi connectivity index (χ1v) is 10.6. The van der Waals surface area contributed by atoms with E-state index in [0.717, 1.165) is 28.9 Å². The lowest BCUT2D eigenvalue weighted by Crippen LogP contribution is -2.35. The van der Waals surface area contributed by atoms with Gasteiger partial charge in [-0.1, -0.05) is 24.3 Å². The molecule has 1 amide bonds. The maximum absolute atomic E-state index is 13.1. The maximum Gasteiger partial charge on any atom is 0.295 e. The van der Waals surface area contributed by atoms with Gasteiger partial charge in [0.2, 0.25) is 0 Å². The van der Waals surface area contributed by atoms with E-state index in [2.05, 4.69) is 0 Å². The van der Waals surface area contributed by atoms with Crippen LogP contribution in [-0.4, -0.2) is 59.9 Å². The number of hydrogen-bond donors (Lipinski definition) is 1. The number of amides is 1. The number of carbonyl (C=O) groups is 2. The fourth-order valence-electron chi connectivity index (χ4n) is 4.36. The Morgan fingerprint density at radius 2 is 1.94 bits per heavy atom. The summed E-state index contributed by atoms with van der Waals surface area (Å²) in [6.07, 6.45) is 0.824. The molecule has 2 aliphatic heterocycles. The summed E-state index contributed by atoms with van der Waals surface area (Å²) in [7, 11) is 3.85. The normalized spacial score (nSPS) is 22.2. The van der Waals surface area contributed by atoms with Crippen LogP contribution in [-0.2, 0) is 16.0 Å². The molecule has 1 saturated heterocycles. The van der Waals surface area contributed by atoms with Crippen molar-refractivity contribution in [1.82, 2.24) is 9.80 Å². The molecule has 2 heterocycles. The second kappa shape index (κ2) is 8.19. The maximum atomic E-state index is 13.1. The first-order valence-electron chi connectivity index (χ1n) is 10.6. The first-order chi connectivity index (χ1) is 14.8. The van der Waals surface area contributed by atoms with Crippen molar-refractivity contribution in [3.63, 3.8) is 0 Å². The van der Waals surface area contributed by atoms with Crippen LogP contribution in [0.4, 0.5) is 0 Å².